The summed E-state index contributed by atoms with van der Waals surface area (Å²) in [5.74, 6) is 0.826. The number of carbonyl (C=O) groups is 1. The molecule has 1 aromatic heterocycles. The maximum atomic E-state index is 11.7. The summed E-state index contributed by atoms with van der Waals surface area (Å²) < 4.78 is 7.78. The zero-order valence-electron chi connectivity index (χ0n) is 26.8. The van der Waals surface area contributed by atoms with Crippen LogP contribution in [0.25, 0.3) is 22.4 Å². The third kappa shape index (κ3) is 6.75. The van der Waals surface area contributed by atoms with E-state index in [1.54, 1.807) is 19.2 Å². The zero-order valence-corrected chi connectivity index (χ0v) is 26.8. The van der Waals surface area contributed by atoms with E-state index in [9.17, 15) is 9.90 Å². The van der Waals surface area contributed by atoms with Crippen molar-refractivity contribution in [1.82, 2.24) is 9.55 Å². The largest absolute Gasteiger partial charge is 0.497 e. The second kappa shape index (κ2) is 12.8. The molecule has 6 nitrogen and oxygen atoms in total. The van der Waals surface area contributed by atoms with Crippen molar-refractivity contribution in [2.45, 2.75) is 77.4 Å². The van der Waals surface area contributed by atoms with Crippen molar-refractivity contribution in [1.29, 1.82) is 0 Å². The van der Waals surface area contributed by atoms with Crippen LogP contribution in [0.3, 0.4) is 0 Å². The molecule has 5 aromatic rings. The normalized spacial score (nSPS) is 14.0. The first kappa shape index (κ1) is 30.4. The number of ether oxygens (including phenoxy) is 1. The molecule has 4 aromatic carbocycles. The van der Waals surface area contributed by atoms with Gasteiger partial charge >= 0.3 is 5.97 Å². The average Bonchev–Trinajstić information content (AvgIpc) is 3.44. The van der Waals surface area contributed by atoms with E-state index in [4.69, 9.17) is 9.72 Å². The van der Waals surface area contributed by atoms with Gasteiger partial charge in [0.1, 0.15) is 11.6 Å². The fourth-order valence-electron chi connectivity index (χ4n) is 6.49. The van der Waals surface area contributed by atoms with Crippen LogP contribution in [-0.2, 0) is 18.5 Å². The number of benzene rings is 4. The summed E-state index contributed by atoms with van der Waals surface area (Å²) in [7, 11) is 1.69. The van der Waals surface area contributed by atoms with Gasteiger partial charge in [-0.15, -0.1) is 0 Å². The molecule has 0 radical (unpaired) electrons. The van der Waals surface area contributed by atoms with Crippen molar-refractivity contribution in [2.75, 3.05) is 12.0 Å². The second-order valence-electron chi connectivity index (χ2n) is 13.3. The van der Waals surface area contributed by atoms with Gasteiger partial charge in [-0.25, -0.2) is 9.78 Å². The molecule has 1 N–H and O–H groups in total. The first-order chi connectivity index (χ1) is 21.7. The van der Waals surface area contributed by atoms with Gasteiger partial charge in [0.15, 0.2) is 0 Å². The molecular formula is C39H43N3O3. The minimum atomic E-state index is -0.929. The van der Waals surface area contributed by atoms with Crippen LogP contribution in [0.5, 0.6) is 5.75 Å². The predicted octanol–water partition coefficient (Wildman–Crippen LogP) is 9.42. The Hall–Kier alpha value is -4.58. The molecule has 1 fully saturated rings. The highest BCUT2D eigenvalue weighted by Crippen LogP contribution is 2.36. The van der Waals surface area contributed by atoms with Gasteiger partial charge < -0.3 is 19.3 Å². The van der Waals surface area contributed by atoms with Crippen LogP contribution in [0.2, 0.25) is 0 Å². The number of imidazole rings is 1. The van der Waals surface area contributed by atoms with Crippen molar-refractivity contribution in [3.63, 3.8) is 0 Å². The van der Waals surface area contributed by atoms with E-state index in [2.05, 4.69) is 90.9 Å². The van der Waals surface area contributed by atoms with Crippen LogP contribution in [-0.4, -0.2) is 27.7 Å². The molecule has 1 aliphatic rings. The Bertz CT molecular complexity index is 1760. The van der Waals surface area contributed by atoms with E-state index < -0.39 is 5.97 Å². The van der Waals surface area contributed by atoms with Gasteiger partial charge in [0, 0.05) is 30.4 Å². The summed E-state index contributed by atoms with van der Waals surface area (Å²) in [6, 6.07) is 31.7. The second-order valence-corrected chi connectivity index (χ2v) is 13.3. The van der Waals surface area contributed by atoms with E-state index in [1.165, 1.54) is 36.0 Å². The fourth-order valence-corrected chi connectivity index (χ4v) is 6.49. The number of aromatic carboxylic acids is 1. The lowest BCUT2D eigenvalue weighted by Gasteiger charge is -2.27. The smallest absolute Gasteiger partial charge is 0.335 e. The van der Waals surface area contributed by atoms with E-state index >= 15 is 0 Å². The maximum absolute atomic E-state index is 11.7. The zero-order chi connectivity index (χ0) is 31.6. The number of hydrogen-bond donors (Lipinski definition) is 1. The van der Waals surface area contributed by atoms with Crippen LogP contribution in [0.1, 0.15) is 86.0 Å². The molecule has 0 amide bonds. The molecule has 6 heteroatoms. The lowest BCUT2D eigenvalue weighted by atomic mass is 9.87. The molecule has 1 saturated carbocycles. The first-order valence-electron chi connectivity index (χ1n) is 16.0. The number of anilines is 1. The van der Waals surface area contributed by atoms with Crippen LogP contribution >= 0.6 is 0 Å². The predicted molar refractivity (Wildman–Crippen MR) is 182 cm³/mol. The minimum absolute atomic E-state index is 0.117. The molecule has 0 spiro atoms. The quantitative estimate of drug-likeness (QED) is 0.182. The van der Waals surface area contributed by atoms with Gasteiger partial charge in [0.05, 0.1) is 23.7 Å². The van der Waals surface area contributed by atoms with Crippen molar-refractivity contribution < 1.29 is 14.6 Å². The van der Waals surface area contributed by atoms with Gasteiger partial charge in [0.2, 0.25) is 0 Å². The number of carboxylic acids is 1. The summed E-state index contributed by atoms with van der Waals surface area (Å²) in [5.41, 5.74) is 8.11. The molecule has 6 rings (SSSR count). The Balaban J connectivity index is 1.31. The molecule has 0 atom stereocenters. The van der Waals surface area contributed by atoms with Crippen molar-refractivity contribution in [3.05, 3.63) is 113 Å². The molecule has 1 heterocycles. The Labute approximate surface area is 266 Å². The van der Waals surface area contributed by atoms with Crippen LogP contribution in [0.4, 0.5) is 5.69 Å². The maximum Gasteiger partial charge on any atom is 0.335 e. The molecule has 45 heavy (non-hydrogen) atoms. The number of rotatable bonds is 9. The molecule has 0 saturated heterocycles. The first-order valence-corrected chi connectivity index (χ1v) is 16.0. The molecule has 0 aliphatic heterocycles. The van der Waals surface area contributed by atoms with Crippen molar-refractivity contribution in [3.8, 4) is 17.1 Å². The summed E-state index contributed by atoms with van der Waals surface area (Å²) in [6.07, 6.45) is 5.91. The lowest BCUT2D eigenvalue weighted by Crippen LogP contribution is -2.22. The standard InChI is InChI=1S/C39H43N3O3/c1-39(2,3)31-17-12-28(13-18-31)26-41(32-19-21-34(45-4)22-20-32)25-27-10-14-29(15-11-27)37-40-35-24-30(38(43)44)16-23-36(35)42(37)33-8-6-5-7-9-33/h10-24,33H,5-9,25-26H2,1-4H3,(H,43,44). The molecule has 232 valence electrons. The monoisotopic (exact) mass is 601 g/mol. The highest BCUT2D eigenvalue weighted by molar-refractivity contribution is 5.93. The van der Waals surface area contributed by atoms with E-state index in [1.807, 2.05) is 18.2 Å². The molecule has 1 aliphatic carbocycles. The average molecular weight is 602 g/mol. The van der Waals surface area contributed by atoms with Crippen LogP contribution < -0.4 is 9.64 Å². The van der Waals surface area contributed by atoms with Crippen LogP contribution in [0, 0.1) is 0 Å². The Kier molecular flexibility index (Phi) is 8.66. The van der Waals surface area contributed by atoms with E-state index in [0.717, 1.165) is 59.8 Å². The van der Waals surface area contributed by atoms with E-state index in [0.29, 0.717) is 6.04 Å². The lowest BCUT2D eigenvalue weighted by molar-refractivity contribution is 0.0697. The number of methoxy groups -OCH3 is 1. The molecular weight excluding hydrogens is 558 g/mol. The fraction of sp³-hybridized carbons (Fsp3) is 0.333. The Morgan fingerprint density at radius 2 is 1.49 bits per heavy atom. The number of hydrogen-bond acceptors (Lipinski definition) is 4. The van der Waals surface area contributed by atoms with Gasteiger partial charge in [0.25, 0.3) is 0 Å². The third-order valence-corrected chi connectivity index (χ3v) is 9.09. The highest BCUT2D eigenvalue weighted by atomic mass is 16.5. The summed E-state index contributed by atoms with van der Waals surface area (Å²) in [6.45, 7) is 8.25. The third-order valence-electron chi connectivity index (χ3n) is 9.09. The van der Waals surface area contributed by atoms with E-state index in [-0.39, 0.29) is 11.0 Å². The van der Waals surface area contributed by atoms with Gasteiger partial charge in [-0.3, -0.25) is 0 Å². The van der Waals surface area contributed by atoms with Gasteiger partial charge in [-0.2, -0.15) is 0 Å². The van der Waals surface area contributed by atoms with Gasteiger partial charge in [-0.05, 0) is 77.4 Å². The topological polar surface area (TPSA) is 67.6 Å². The molecule has 0 bridgehead atoms. The number of carboxylic acid groups (broad SMARTS) is 1. The summed E-state index contributed by atoms with van der Waals surface area (Å²) in [4.78, 5) is 19.1. The number of fused-ring (bicyclic) bond motifs is 1. The van der Waals surface area contributed by atoms with Crippen molar-refractivity contribution >= 4 is 22.7 Å². The highest BCUT2D eigenvalue weighted by Gasteiger charge is 2.23. The SMILES string of the molecule is COc1ccc(N(Cc2ccc(-c3nc4cc(C(=O)O)ccc4n3C3CCCCC3)cc2)Cc2ccc(C(C)(C)C)cc2)cc1. The summed E-state index contributed by atoms with van der Waals surface area (Å²) in [5, 5.41) is 9.59. The Morgan fingerprint density at radius 3 is 2.07 bits per heavy atom. The van der Waals surface area contributed by atoms with Crippen molar-refractivity contribution in [2.24, 2.45) is 0 Å². The van der Waals surface area contributed by atoms with Gasteiger partial charge in [-0.1, -0.05) is 88.6 Å². The number of nitrogens with zero attached hydrogens (tertiary/aromatic N) is 3. The number of aromatic nitrogens is 2. The Morgan fingerprint density at radius 1 is 0.867 bits per heavy atom. The van der Waals surface area contributed by atoms with Crippen LogP contribution in [0.15, 0.2) is 91.0 Å². The summed E-state index contributed by atoms with van der Waals surface area (Å²) >= 11 is 0. The minimum Gasteiger partial charge on any atom is -0.497 e. The molecule has 0 unspecified atom stereocenters.